The zero-order valence-corrected chi connectivity index (χ0v) is 10.0. The van der Waals surface area contributed by atoms with Crippen molar-refractivity contribution in [2.75, 3.05) is 0 Å². The van der Waals surface area contributed by atoms with Crippen molar-refractivity contribution in [2.24, 2.45) is 5.92 Å². The van der Waals surface area contributed by atoms with Gasteiger partial charge in [0.15, 0.2) is 0 Å². The van der Waals surface area contributed by atoms with Gasteiger partial charge in [0.1, 0.15) is 0 Å². The van der Waals surface area contributed by atoms with E-state index >= 15 is 0 Å². The van der Waals surface area contributed by atoms with Crippen LogP contribution in [0.1, 0.15) is 45.7 Å². The molecule has 3 heteroatoms. The summed E-state index contributed by atoms with van der Waals surface area (Å²) in [5.74, 6) is 0.644. The Labute approximate surface area is 91.5 Å². The summed E-state index contributed by atoms with van der Waals surface area (Å²) < 4.78 is 1.80. The zero-order chi connectivity index (χ0) is 11.3. The summed E-state index contributed by atoms with van der Waals surface area (Å²) >= 11 is 0. The van der Waals surface area contributed by atoms with Crippen LogP contribution in [-0.4, -0.2) is 9.55 Å². The van der Waals surface area contributed by atoms with Crippen molar-refractivity contribution in [1.82, 2.24) is 9.55 Å². The molecule has 0 amide bonds. The minimum atomic E-state index is 0.0433. The molecule has 1 N–H and O–H groups in total. The summed E-state index contributed by atoms with van der Waals surface area (Å²) in [5.41, 5.74) is 1.12. The standard InChI is InChI=1S/C12H22N2O/c1-4-5-6-11-9-14(12(15)13-11)8-7-10(2)3/h9-10H,4-8H2,1-3H3,(H,13,15). The van der Waals surface area contributed by atoms with E-state index in [9.17, 15) is 4.79 Å². The molecule has 3 nitrogen and oxygen atoms in total. The number of unbranched alkanes of at least 4 members (excludes halogenated alkanes) is 1. The Bertz CT molecular complexity index is 336. The van der Waals surface area contributed by atoms with Gasteiger partial charge >= 0.3 is 5.69 Å². The van der Waals surface area contributed by atoms with Crippen LogP contribution in [0.25, 0.3) is 0 Å². The number of nitrogens with one attached hydrogen (secondary N) is 1. The van der Waals surface area contributed by atoms with E-state index in [1.165, 1.54) is 6.42 Å². The first-order valence-electron chi connectivity index (χ1n) is 5.91. The summed E-state index contributed by atoms with van der Waals surface area (Å²) in [5, 5.41) is 0. The first kappa shape index (κ1) is 12.1. The monoisotopic (exact) mass is 210 g/mol. The number of aromatic nitrogens is 2. The number of aromatic amines is 1. The second-order valence-electron chi connectivity index (χ2n) is 4.56. The molecule has 0 bridgehead atoms. The summed E-state index contributed by atoms with van der Waals surface area (Å²) in [6.45, 7) is 7.35. The van der Waals surface area contributed by atoms with Gasteiger partial charge in [-0.1, -0.05) is 27.2 Å². The molecular formula is C12H22N2O. The van der Waals surface area contributed by atoms with E-state index < -0.39 is 0 Å². The van der Waals surface area contributed by atoms with Crippen molar-refractivity contribution in [3.05, 3.63) is 22.4 Å². The summed E-state index contributed by atoms with van der Waals surface area (Å²) in [7, 11) is 0. The molecule has 0 fully saturated rings. The van der Waals surface area contributed by atoms with Crippen LogP contribution in [0.4, 0.5) is 0 Å². The topological polar surface area (TPSA) is 37.8 Å². The van der Waals surface area contributed by atoms with Crippen molar-refractivity contribution in [1.29, 1.82) is 0 Å². The van der Waals surface area contributed by atoms with Crippen LogP contribution < -0.4 is 5.69 Å². The Balaban J connectivity index is 2.57. The predicted octanol–water partition coefficient (Wildman–Crippen LogP) is 2.57. The van der Waals surface area contributed by atoms with Crippen LogP contribution in [0.5, 0.6) is 0 Å². The molecule has 0 atom stereocenters. The van der Waals surface area contributed by atoms with Gasteiger partial charge in [-0.25, -0.2) is 4.79 Å². The molecule has 0 spiro atoms. The summed E-state index contributed by atoms with van der Waals surface area (Å²) in [6, 6.07) is 0. The van der Waals surface area contributed by atoms with Gasteiger partial charge < -0.3 is 4.98 Å². The molecule has 1 aromatic heterocycles. The van der Waals surface area contributed by atoms with Crippen molar-refractivity contribution in [2.45, 2.75) is 53.0 Å². The number of rotatable bonds is 6. The lowest BCUT2D eigenvalue weighted by molar-refractivity contribution is 0.508. The number of aryl methyl sites for hydroxylation is 2. The highest BCUT2D eigenvalue weighted by Gasteiger charge is 2.03. The number of nitrogens with zero attached hydrogens (tertiary/aromatic N) is 1. The molecule has 0 unspecified atom stereocenters. The van der Waals surface area contributed by atoms with Crippen LogP contribution in [0.2, 0.25) is 0 Å². The highest BCUT2D eigenvalue weighted by atomic mass is 16.1. The van der Waals surface area contributed by atoms with Gasteiger partial charge in [0.2, 0.25) is 0 Å². The lowest BCUT2D eigenvalue weighted by Gasteiger charge is -2.03. The maximum absolute atomic E-state index is 11.5. The lowest BCUT2D eigenvalue weighted by Crippen LogP contribution is -2.17. The normalized spacial score (nSPS) is 11.2. The van der Waals surface area contributed by atoms with E-state index in [1.807, 2.05) is 6.20 Å². The highest BCUT2D eigenvalue weighted by molar-refractivity contribution is 4.97. The lowest BCUT2D eigenvalue weighted by atomic mass is 10.1. The minimum Gasteiger partial charge on any atom is -0.310 e. The van der Waals surface area contributed by atoms with Gasteiger partial charge in [-0.3, -0.25) is 4.57 Å². The number of hydrogen-bond acceptors (Lipinski definition) is 1. The number of imidazole rings is 1. The molecule has 86 valence electrons. The Morgan fingerprint density at radius 2 is 2.20 bits per heavy atom. The predicted molar refractivity (Wildman–Crippen MR) is 63.1 cm³/mol. The van der Waals surface area contributed by atoms with Gasteiger partial charge in [-0.15, -0.1) is 0 Å². The fourth-order valence-corrected chi connectivity index (χ4v) is 1.55. The third kappa shape index (κ3) is 3.94. The molecule has 0 aliphatic rings. The quantitative estimate of drug-likeness (QED) is 0.770. The SMILES string of the molecule is CCCCc1cn(CCC(C)C)c(=O)[nH]1. The largest absolute Gasteiger partial charge is 0.325 e. The molecule has 1 heterocycles. The molecule has 0 aliphatic heterocycles. The minimum absolute atomic E-state index is 0.0433. The van der Waals surface area contributed by atoms with E-state index in [2.05, 4.69) is 25.8 Å². The van der Waals surface area contributed by atoms with Crippen molar-refractivity contribution < 1.29 is 0 Å². The molecule has 1 rings (SSSR count). The van der Waals surface area contributed by atoms with Crippen molar-refractivity contribution >= 4 is 0 Å². The maximum Gasteiger partial charge on any atom is 0.325 e. The van der Waals surface area contributed by atoms with Gasteiger partial charge in [0.25, 0.3) is 0 Å². The molecule has 1 aromatic rings. The molecule has 0 aromatic carbocycles. The molecule has 15 heavy (non-hydrogen) atoms. The number of H-pyrrole nitrogens is 1. The number of hydrogen-bond donors (Lipinski definition) is 1. The summed E-state index contributed by atoms with van der Waals surface area (Å²) in [6.07, 6.45) is 6.33. The van der Waals surface area contributed by atoms with Crippen molar-refractivity contribution in [3.8, 4) is 0 Å². The first-order chi connectivity index (χ1) is 7.13. The summed E-state index contributed by atoms with van der Waals surface area (Å²) in [4.78, 5) is 14.4. The maximum atomic E-state index is 11.5. The molecule has 0 saturated heterocycles. The fourth-order valence-electron chi connectivity index (χ4n) is 1.55. The van der Waals surface area contributed by atoms with Crippen LogP contribution in [0.15, 0.2) is 11.0 Å². The van der Waals surface area contributed by atoms with Gasteiger partial charge in [0.05, 0.1) is 0 Å². The first-order valence-corrected chi connectivity index (χ1v) is 5.91. The van der Waals surface area contributed by atoms with E-state index in [0.29, 0.717) is 5.92 Å². The Kier molecular flexibility index (Phi) is 4.66. The zero-order valence-electron chi connectivity index (χ0n) is 10.0. The Morgan fingerprint density at radius 3 is 2.80 bits per heavy atom. The second-order valence-corrected chi connectivity index (χ2v) is 4.56. The fraction of sp³-hybridized carbons (Fsp3) is 0.750. The van der Waals surface area contributed by atoms with Crippen LogP contribution in [0, 0.1) is 5.92 Å². The van der Waals surface area contributed by atoms with E-state index in [4.69, 9.17) is 0 Å². The smallest absolute Gasteiger partial charge is 0.310 e. The van der Waals surface area contributed by atoms with Gasteiger partial charge in [0, 0.05) is 18.4 Å². The second kappa shape index (κ2) is 5.79. The molecular weight excluding hydrogens is 188 g/mol. The average Bonchev–Trinajstić information content (AvgIpc) is 2.53. The van der Waals surface area contributed by atoms with E-state index in [0.717, 1.165) is 31.5 Å². The van der Waals surface area contributed by atoms with Crippen LogP contribution >= 0.6 is 0 Å². The third-order valence-electron chi connectivity index (χ3n) is 2.59. The van der Waals surface area contributed by atoms with E-state index in [1.54, 1.807) is 4.57 Å². The van der Waals surface area contributed by atoms with Gasteiger partial charge in [-0.05, 0) is 25.2 Å². The third-order valence-corrected chi connectivity index (χ3v) is 2.59. The van der Waals surface area contributed by atoms with Crippen molar-refractivity contribution in [3.63, 3.8) is 0 Å². The highest BCUT2D eigenvalue weighted by Crippen LogP contribution is 2.03. The molecule has 0 saturated carbocycles. The van der Waals surface area contributed by atoms with Gasteiger partial charge in [-0.2, -0.15) is 0 Å². The van der Waals surface area contributed by atoms with Crippen LogP contribution in [0.3, 0.4) is 0 Å². The Morgan fingerprint density at radius 1 is 1.47 bits per heavy atom. The van der Waals surface area contributed by atoms with E-state index in [-0.39, 0.29) is 5.69 Å². The average molecular weight is 210 g/mol. The molecule has 0 radical (unpaired) electrons. The Hall–Kier alpha value is -0.990. The molecule has 0 aliphatic carbocycles. The van der Waals surface area contributed by atoms with Crippen LogP contribution in [-0.2, 0) is 13.0 Å².